The largest absolute Gasteiger partial charge is 0.495 e. The van der Waals surface area contributed by atoms with Gasteiger partial charge in [-0.2, -0.15) is 4.98 Å². The minimum absolute atomic E-state index is 0.438. The molecular formula is C20H21ClN4O2. The number of hydrogen-bond acceptors (Lipinski definition) is 6. The Morgan fingerprint density at radius 2 is 1.67 bits per heavy atom. The van der Waals surface area contributed by atoms with E-state index in [9.17, 15) is 0 Å². The maximum atomic E-state index is 6.16. The lowest BCUT2D eigenvalue weighted by Crippen LogP contribution is -2.04. The third-order valence-electron chi connectivity index (χ3n) is 3.87. The van der Waals surface area contributed by atoms with E-state index in [1.165, 1.54) is 5.56 Å². The maximum absolute atomic E-state index is 6.16. The monoisotopic (exact) mass is 384 g/mol. The van der Waals surface area contributed by atoms with Crippen LogP contribution in [0.2, 0.25) is 5.02 Å². The van der Waals surface area contributed by atoms with Crippen molar-refractivity contribution >= 4 is 34.7 Å². The molecule has 3 aromatic rings. The Morgan fingerprint density at radius 3 is 2.37 bits per heavy atom. The minimum Gasteiger partial charge on any atom is -0.495 e. The van der Waals surface area contributed by atoms with Gasteiger partial charge in [0, 0.05) is 29.6 Å². The number of rotatable bonds is 6. The molecule has 0 saturated heterocycles. The van der Waals surface area contributed by atoms with E-state index in [-0.39, 0.29) is 0 Å². The van der Waals surface area contributed by atoms with Gasteiger partial charge in [-0.05, 0) is 31.5 Å². The Kier molecular flexibility index (Phi) is 5.66. The normalized spacial score (nSPS) is 10.4. The van der Waals surface area contributed by atoms with Crippen molar-refractivity contribution in [3.05, 3.63) is 58.7 Å². The van der Waals surface area contributed by atoms with Crippen LogP contribution in [-0.4, -0.2) is 24.2 Å². The second-order valence-electron chi connectivity index (χ2n) is 6.02. The summed E-state index contributed by atoms with van der Waals surface area (Å²) < 4.78 is 10.7. The average molecular weight is 385 g/mol. The van der Waals surface area contributed by atoms with E-state index < -0.39 is 0 Å². The fourth-order valence-corrected chi connectivity index (χ4v) is 2.87. The molecule has 6 nitrogen and oxygen atoms in total. The first kappa shape index (κ1) is 18.8. The van der Waals surface area contributed by atoms with Crippen molar-refractivity contribution in [2.75, 3.05) is 24.9 Å². The van der Waals surface area contributed by atoms with Gasteiger partial charge < -0.3 is 20.1 Å². The fourth-order valence-electron chi connectivity index (χ4n) is 2.64. The first-order valence-electron chi connectivity index (χ1n) is 8.36. The van der Waals surface area contributed by atoms with Crippen LogP contribution >= 0.6 is 11.6 Å². The van der Waals surface area contributed by atoms with E-state index in [0.717, 1.165) is 11.4 Å². The SMILES string of the molecule is COc1cc(Nc2nc(C)cc(Nc3cccc(C)c3)n2)c(OC)cc1Cl. The van der Waals surface area contributed by atoms with Gasteiger partial charge in [-0.15, -0.1) is 0 Å². The smallest absolute Gasteiger partial charge is 0.229 e. The molecule has 0 radical (unpaired) electrons. The molecule has 0 saturated carbocycles. The molecule has 0 unspecified atom stereocenters. The summed E-state index contributed by atoms with van der Waals surface area (Å²) in [6.07, 6.45) is 0. The van der Waals surface area contributed by atoms with E-state index in [1.807, 2.05) is 38.1 Å². The van der Waals surface area contributed by atoms with Crippen molar-refractivity contribution in [3.8, 4) is 11.5 Å². The van der Waals surface area contributed by atoms with E-state index in [1.54, 1.807) is 26.4 Å². The Balaban J connectivity index is 1.91. The molecule has 0 fully saturated rings. The number of hydrogen-bond donors (Lipinski definition) is 2. The van der Waals surface area contributed by atoms with E-state index >= 15 is 0 Å². The molecule has 0 aliphatic rings. The zero-order valence-corrected chi connectivity index (χ0v) is 16.4. The molecule has 2 N–H and O–H groups in total. The van der Waals surface area contributed by atoms with Crippen LogP contribution in [0.3, 0.4) is 0 Å². The molecule has 7 heteroatoms. The molecule has 0 atom stereocenters. The van der Waals surface area contributed by atoms with Crippen molar-refractivity contribution in [2.24, 2.45) is 0 Å². The second-order valence-corrected chi connectivity index (χ2v) is 6.43. The highest BCUT2D eigenvalue weighted by Gasteiger charge is 2.12. The van der Waals surface area contributed by atoms with Gasteiger partial charge in [0.2, 0.25) is 5.95 Å². The number of nitrogens with one attached hydrogen (secondary N) is 2. The number of halogens is 1. The number of aryl methyl sites for hydroxylation is 2. The van der Waals surface area contributed by atoms with Crippen molar-refractivity contribution < 1.29 is 9.47 Å². The zero-order valence-electron chi connectivity index (χ0n) is 15.6. The standard InChI is InChI=1S/C20H21ClN4O2/c1-12-6-5-7-14(8-12)23-19-9-13(2)22-20(25-19)24-16-11-17(26-3)15(21)10-18(16)27-4/h5-11H,1-4H3,(H2,22,23,24,25). The van der Waals surface area contributed by atoms with Crippen LogP contribution < -0.4 is 20.1 Å². The highest BCUT2D eigenvalue weighted by molar-refractivity contribution is 6.32. The van der Waals surface area contributed by atoms with Gasteiger partial charge in [-0.1, -0.05) is 23.7 Å². The van der Waals surface area contributed by atoms with Crippen LogP contribution in [0.15, 0.2) is 42.5 Å². The molecule has 0 aliphatic heterocycles. The predicted molar refractivity (Wildman–Crippen MR) is 109 cm³/mol. The summed E-state index contributed by atoms with van der Waals surface area (Å²) in [5, 5.41) is 6.95. The molecule has 1 aromatic heterocycles. The highest BCUT2D eigenvalue weighted by Crippen LogP contribution is 2.37. The molecular weight excluding hydrogens is 364 g/mol. The first-order valence-corrected chi connectivity index (χ1v) is 8.74. The Hall–Kier alpha value is -2.99. The summed E-state index contributed by atoms with van der Waals surface area (Å²) in [5.41, 5.74) is 3.61. The number of methoxy groups -OCH3 is 2. The molecule has 1 heterocycles. The summed E-state index contributed by atoms with van der Waals surface area (Å²) >= 11 is 6.16. The molecule has 3 rings (SSSR count). The van der Waals surface area contributed by atoms with Gasteiger partial charge in [0.05, 0.1) is 24.9 Å². The van der Waals surface area contributed by atoms with Gasteiger partial charge in [0.25, 0.3) is 0 Å². The van der Waals surface area contributed by atoms with Crippen molar-refractivity contribution in [1.82, 2.24) is 9.97 Å². The van der Waals surface area contributed by atoms with Crippen LogP contribution in [0, 0.1) is 13.8 Å². The van der Waals surface area contributed by atoms with Gasteiger partial charge in [0.15, 0.2) is 0 Å². The van der Waals surface area contributed by atoms with Crippen molar-refractivity contribution in [2.45, 2.75) is 13.8 Å². The second kappa shape index (κ2) is 8.14. The lowest BCUT2D eigenvalue weighted by atomic mass is 10.2. The fraction of sp³-hybridized carbons (Fsp3) is 0.200. The van der Waals surface area contributed by atoms with Gasteiger partial charge in [-0.25, -0.2) is 4.98 Å². The number of aromatic nitrogens is 2. The Labute approximate surface area is 163 Å². The van der Waals surface area contributed by atoms with Crippen LogP contribution in [0.25, 0.3) is 0 Å². The summed E-state index contributed by atoms with van der Waals surface area (Å²) in [7, 11) is 3.13. The molecule has 140 valence electrons. The van der Waals surface area contributed by atoms with Crippen LogP contribution in [0.1, 0.15) is 11.3 Å². The average Bonchev–Trinajstić information content (AvgIpc) is 2.62. The van der Waals surface area contributed by atoms with Crippen LogP contribution in [0.4, 0.5) is 23.1 Å². The quantitative estimate of drug-likeness (QED) is 0.604. The van der Waals surface area contributed by atoms with E-state index in [4.69, 9.17) is 21.1 Å². The first-order chi connectivity index (χ1) is 13.0. The molecule has 0 spiro atoms. The highest BCUT2D eigenvalue weighted by atomic mass is 35.5. The van der Waals surface area contributed by atoms with E-state index in [2.05, 4.69) is 26.7 Å². The third kappa shape index (κ3) is 4.60. The number of anilines is 4. The molecule has 0 amide bonds. The minimum atomic E-state index is 0.438. The molecule has 27 heavy (non-hydrogen) atoms. The maximum Gasteiger partial charge on any atom is 0.229 e. The van der Waals surface area contributed by atoms with Gasteiger partial charge in [0.1, 0.15) is 17.3 Å². The van der Waals surface area contributed by atoms with Gasteiger partial charge >= 0.3 is 0 Å². The summed E-state index contributed by atoms with van der Waals surface area (Å²) in [6.45, 7) is 3.96. The third-order valence-corrected chi connectivity index (χ3v) is 4.16. The summed E-state index contributed by atoms with van der Waals surface area (Å²) in [4.78, 5) is 8.99. The molecule has 0 aliphatic carbocycles. The lowest BCUT2D eigenvalue weighted by molar-refractivity contribution is 0.405. The lowest BCUT2D eigenvalue weighted by Gasteiger charge is -2.14. The van der Waals surface area contributed by atoms with Crippen LogP contribution in [0.5, 0.6) is 11.5 Å². The van der Waals surface area contributed by atoms with Crippen LogP contribution in [-0.2, 0) is 0 Å². The van der Waals surface area contributed by atoms with Crippen molar-refractivity contribution in [3.63, 3.8) is 0 Å². The predicted octanol–water partition coefficient (Wildman–Crippen LogP) is 5.25. The Morgan fingerprint density at radius 1 is 0.889 bits per heavy atom. The van der Waals surface area contributed by atoms with E-state index in [0.29, 0.717) is 34.0 Å². The zero-order chi connectivity index (χ0) is 19.4. The topological polar surface area (TPSA) is 68.3 Å². The number of ether oxygens (including phenoxy) is 2. The molecule has 0 bridgehead atoms. The van der Waals surface area contributed by atoms with Gasteiger partial charge in [-0.3, -0.25) is 0 Å². The number of benzene rings is 2. The summed E-state index contributed by atoms with van der Waals surface area (Å²) in [6, 6.07) is 13.4. The number of nitrogens with zero attached hydrogens (tertiary/aromatic N) is 2. The van der Waals surface area contributed by atoms with Crippen molar-refractivity contribution in [1.29, 1.82) is 0 Å². The summed E-state index contributed by atoms with van der Waals surface area (Å²) in [5.74, 6) is 2.23. The Bertz CT molecular complexity index is 963. The molecule has 2 aromatic carbocycles.